The van der Waals surface area contributed by atoms with Crippen LogP contribution in [0, 0.1) is 0 Å². The molecule has 1 saturated heterocycles. The van der Waals surface area contributed by atoms with Gasteiger partial charge < -0.3 is 15.0 Å². The molecule has 26 heavy (non-hydrogen) atoms. The number of anilines is 2. The minimum absolute atomic E-state index is 0.163. The third-order valence-electron chi connectivity index (χ3n) is 4.91. The number of fused-ring (bicyclic) bond motifs is 1. The molecule has 2 aliphatic rings. The number of carbonyl (C=O) groups is 1. The Kier molecular flexibility index (Phi) is 5.06. The maximum Gasteiger partial charge on any atom is 0.257 e. The second kappa shape index (κ2) is 7.78. The highest BCUT2D eigenvalue weighted by Gasteiger charge is 2.23. The lowest BCUT2D eigenvalue weighted by Crippen LogP contribution is -2.31. The molecule has 0 radical (unpaired) electrons. The number of nitrogens with one attached hydrogen (secondary N) is 1. The van der Waals surface area contributed by atoms with Crippen molar-refractivity contribution in [2.45, 2.75) is 32.1 Å². The molecule has 2 aromatic rings. The zero-order valence-corrected chi connectivity index (χ0v) is 14.8. The number of carbonyl (C=O) groups excluding carboxylic acids is 1. The van der Waals surface area contributed by atoms with Crippen LogP contribution in [0.4, 0.5) is 11.6 Å². The average molecular weight is 353 g/mol. The summed E-state index contributed by atoms with van der Waals surface area (Å²) in [6.07, 6.45) is 9.73. The number of ether oxygens (including phenoxy) is 1. The number of amides is 1. The molecule has 0 unspecified atom stereocenters. The number of pyridine rings is 1. The van der Waals surface area contributed by atoms with E-state index < -0.39 is 0 Å². The first kappa shape index (κ1) is 16.9. The zero-order chi connectivity index (χ0) is 17.8. The Morgan fingerprint density at radius 2 is 1.96 bits per heavy atom. The standard InChI is InChI=1S/C19H23N5O2/c25-19(23-17-13-20-6-7-21-17)15-12-18(24-8-2-1-3-9-24)22-16-5-11-26-10-4-14(15)16/h6-7,12-13H,1-5,8-11H2,(H,21,23,25). The van der Waals surface area contributed by atoms with Crippen molar-refractivity contribution in [3.05, 3.63) is 41.5 Å². The maximum absolute atomic E-state index is 13.0. The molecule has 4 heterocycles. The highest BCUT2D eigenvalue weighted by atomic mass is 16.5. The fourth-order valence-electron chi connectivity index (χ4n) is 3.58. The van der Waals surface area contributed by atoms with Gasteiger partial charge in [0.2, 0.25) is 0 Å². The van der Waals surface area contributed by atoms with Crippen LogP contribution < -0.4 is 10.2 Å². The molecule has 136 valence electrons. The van der Waals surface area contributed by atoms with Crippen molar-refractivity contribution in [3.8, 4) is 0 Å². The van der Waals surface area contributed by atoms with E-state index in [2.05, 4.69) is 20.2 Å². The van der Waals surface area contributed by atoms with Crippen LogP contribution in [-0.2, 0) is 17.6 Å². The number of hydrogen-bond acceptors (Lipinski definition) is 6. The van der Waals surface area contributed by atoms with Crippen molar-refractivity contribution in [1.29, 1.82) is 0 Å². The Balaban J connectivity index is 1.69. The molecule has 0 bridgehead atoms. The van der Waals surface area contributed by atoms with E-state index in [9.17, 15) is 4.79 Å². The van der Waals surface area contributed by atoms with E-state index in [1.807, 2.05) is 6.07 Å². The van der Waals surface area contributed by atoms with Gasteiger partial charge >= 0.3 is 0 Å². The van der Waals surface area contributed by atoms with Crippen molar-refractivity contribution in [2.75, 3.05) is 36.5 Å². The number of aromatic nitrogens is 3. The highest BCUT2D eigenvalue weighted by Crippen LogP contribution is 2.26. The summed E-state index contributed by atoms with van der Waals surface area (Å²) in [6.45, 7) is 3.25. The summed E-state index contributed by atoms with van der Waals surface area (Å²) < 4.78 is 5.61. The van der Waals surface area contributed by atoms with Gasteiger partial charge in [-0.3, -0.25) is 9.78 Å². The SMILES string of the molecule is O=C(Nc1cnccn1)c1cc(N2CCCCC2)nc2c1CCOCC2. The normalized spacial score (nSPS) is 17.3. The average Bonchev–Trinajstić information content (AvgIpc) is 2.94. The quantitative estimate of drug-likeness (QED) is 0.911. The van der Waals surface area contributed by atoms with Crippen LogP contribution in [0.25, 0.3) is 0 Å². The first-order chi connectivity index (χ1) is 12.8. The number of rotatable bonds is 3. The molecule has 7 heteroatoms. The molecule has 7 nitrogen and oxygen atoms in total. The lowest BCUT2D eigenvalue weighted by molar-refractivity contribution is 0.102. The summed E-state index contributed by atoms with van der Waals surface area (Å²) in [7, 11) is 0. The third kappa shape index (κ3) is 3.67. The molecule has 0 atom stereocenters. The van der Waals surface area contributed by atoms with Gasteiger partial charge in [-0.05, 0) is 37.3 Å². The highest BCUT2D eigenvalue weighted by molar-refractivity contribution is 6.05. The Morgan fingerprint density at radius 1 is 1.12 bits per heavy atom. The van der Waals surface area contributed by atoms with Crippen LogP contribution in [0.2, 0.25) is 0 Å². The summed E-state index contributed by atoms with van der Waals surface area (Å²) in [4.78, 5) is 28.3. The van der Waals surface area contributed by atoms with Crippen LogP contribution >= 0.6 is 0 Å². The number of hydrogen-bond donors (Lipinski definition) is 1. The van der Waals surface area contributed by atoms with E-state index in [0.717, 1.165) is 36.6 Å². The minimum Gasteiger partial charge on any atom is -0.381 e. The van der Waals surface area contributed by atoms with E-state index in [4.69, 9.17) is 9.72 Å². The fraction of sp³-hybridized carbons (Fsp3) is 0.474. The largest absolute Gasteiger partial charge is 0.381 e. The van der Waals surface area contributed by atoms with Gasteiger partial charge in [0, 0.05) is 43.2 Å². The molecule has 0 spiro atoms. The Labute approximate surface area is 152 Å². The van der Waals surface area contributed by atoms with E-state index in [0.29, 0.717) is 31.0 Å². The predicted octanol–water partition coefficient (Wildman–Crippen LogP) is 2.23. The van der Waals surface area contributed by atoms with Crippen LogP contribution in [0.5, 0.6) is 0 Å². The smallest absolute Gasteiger partial charge is 0.257 e. The van der Waals surface area contributed by atoms with Crippen LogP contribution in [0.1, 0.15) is 40.9 Å². The Bertz CT molecular complexity index is 775. The Morgan fingerprint density at radius 3 is 2.77 bits per heavy atom. The van der Waals surface area contributed by atoms with E-state index in [1.54, 1.807) is 18.6 Å². The van der Waals surface area contributed by atoms with Gasteiger partial charge in [-0.2, -0.15) is 0 Å². The second-order valence-electron chi connectivity index (χ2n) is 6.66. The number of nitrogens with zero attached hydrogens (tertiary/aromatic N) is 4. The molecule has 1 amide bonds. The molecule has 0 saturated carbocycles. The topological polar surface area (TPSA) is 80.2 Å². The fourth-order valence-corrected chi connectivity index (χ4v) is 3.58. The van der Waals surface area contributed by atoms with Crippen molar-refractivity contribution >= 4 is 17.5 Å². The predicted molar refractivity (Wildman–Crippen MR) is 98.5 cm³/mol. The molecule has 0 aliphatic carbocycles. The molecule has 0 aromatic carbocycles. The minimum atomic E-state index is -0.163. The summed E-state index contributed by atoms with van der Waals surface area (Å²) in [5.74, 6) is 1.19. The van der Waals surface area contributed by atoms with Gasteiger partial charge in [0.1, 0.15) is 5.82 Å². The van der Waals surface area contributed by atoms with Crippen molar-refractivity contribution in [3.63, 3.8) is 0 Å². The van der Waals surface area contributed by atoms with Crippen LogP contribution in [0.3, 0.4) is 0 Å². The van der Waals surface area contributed by atoms with Crippen molar-refractivity contribution in [1.82, 2.24) is 15.0 Å². The van der Waals surface area contributed by atoms with Gasteiger partial charge in [0.25, 0.3) is 5.91 Å². The lowest BCUT2D eigenvalue weighted by Gasteiger charge is -2.29. The van der Waals surface area contributed by atoms with E-state index >= 15 is 0 Å². The molecule has 4 rings (SSSR count). The van der Waals surface area contributed by atoms with Gasteiger partial charge in [-0.15, -0.1) is 0 Å². The second-order valence-corrected chi connectivity index (χ2v) is 6.66. The first-order valence-electron chi connectivity index (χ1n) is 9.24. The number of piperidine rings is 1. The third-order valence-corrected chi connectivity index (χ3v) is 4.91. The monoisotopic (exact) mass is 353 g/mol. The van der Waals surface area contributed by atoms with Gasteiger partial charge in [-0.25, -0.2) is 9.97 Å². The molecule has 1 fully saturated rings. The first-order valence-corrected chi connectivity index (χ1v) is 9.24. The summed E-state index contributed by atoms with van der Waals surface area (Å²) in [5.41, 5.74) is 2.64. The molecule has 2 aliphatic heterocycles. The van der Waals surface area contributed by atoms with Gasteiger partial charge in [-0.1, -0.05) is 0 Å². The summed E-state index contributed by atoms with van der Waals surface area (Å²) >= 11 is 0. The van der Waals surface area contributed by atoms with Gasteiger partial charge in [0.05, 0.1) is 19.4 Å². The lowest BCUT2D eigenvalue weighted by atomic mass is 10.0. The van der Waals surface area contributed by atoms with E-state index in [1.165, 1.54) is 19.3 Å². The molecule has 1 N–H and O–H groups in total. The molecular weight excluding hydrogens is 330 g/mol. The van der Waals surface area contributed by atoms with Crippen LogP contribution in [0.15, 0.2) is 24.7 Å². The summed E-state index contributed by atoms with van der Waals surface area (Å²) in [5, 5.41) is 2.86. The van der Waals surface area contributed by atoms with Gasteiger partial charge in [0.15, 0.2) is 5.82 Å². The molecular formula is C19H23N5O2. The van der Waals surface area contributed by atoms with E-state index in [-0.39, 0.29) is 5.91 Å². The summed E-state index contributed by atoms with van der Waals surface area (Å²) in [6, 6.07) is 1.93. The Hall–Kier alpha value is -2.54. The van der Waals surface area contributed by atoms with Crippen molar-refractivity contribution < 1.29 is 9.53 Å². The molecule has 2 aromatic heterocycles. The maximum atomic E-state index is 13.0. The zero-order valence-electron chi connectivity index (χ0n) is 14.8. The van der Waals surface area contributed by atoms with Crippen molar-refractivity contribution in [2.24, 2.45) is 0 Å². The van der Waals surface area contributed by atoms with Crippen LogP contribution in [-0.4, -0.2) is 47.2 Å².